The van der Waals surface area contributed by atoms with E-state index in [0.717, 1.165) is 31.9 Å². The minimum atomic E-state index is 0.334. The lowest BCUT2D eigenvalue weighted by molar-refractivity contribution is -0.915. The van der Waals surface area contributed by atoms with Crippen molar-refractivity contribution in [1.82, 2.24) is 10.2 Å². The molecule has 0 atom stereocenters. The first-order valence-electron chi connectivity index (χ1n) is 8.02. The lowest BCUT2D eigenvalue weighted by atomic mass is 10.2. The third-order valence-electron chi connectivity index (χ3n) is 4.29. The zero-order valence-electron chi connectivity index (χ0n) is 13.2. The van der Waals surface area contributed by atoms with Crippen LogP contribution in [0.15, 0.2) is 51.5 Å². The number of quaternary nitrogens is 1. The molecule has 1 aromatic carbocycles. The van der Waals surface area contributed by atoms with E-state index in [1.165, 1.54) is 4.90 Å². The van der Waals surface area contributed by atoms with E-state index in [1.807, 2.05) is 18.2 Å². The summed E-state index contributed by atoms with van der Waals surface area (Å²) in [4.78, 5) is 3.59. The summed E-state index contributed by atoms with van der Waals surface area (Å²) in [5, 5.41) is 18.1. The fourth-order valence-corrected chi connectivity index (χ4v) is 3.01. The van der Waals surface area contributed by atoms with E-state index in [1.54, 1.807) is 24.5 Å². The predicted octanol–water partition coefficient (Wildman–Crippen LogP) is 0.940. The molecule has 3 heterocycles. The topological polar surface area (TPSA) is 80.0 Å². The van der Waals surface area contributed by atoms with Crippen molar-refractivity contribution in [2.75, 3.05) is 31.1 Å². The van der Waals surface area contributed by atoms with Crippen LogP contribution < -0.4 is 9.80 Å². The number of aromatic hydroxyl groups is 1. The largest absolute Gasteiger partial charge is 0.506 e. The van der Waals surface area contributed by atoms with Gasteiger partial charge >= 0.3 is 0 Å². The summed E-state index contributed by atoms with van der Waals surface area (Å²) in [7, 11) is 0. The quantitative estimate of drug-likeness (QED) is 0.742. The smallest absolute Gasteiger partial charge is 0.283 e. The van der Waals surface area contributed by atoms with E-state index in [4.69, 9.17) is 8.83 Å². The van der Waals surface area contributed by atoms with E-state index in [0.29, 0.717) is 29.8 Å². The second-order valence-electron chi connectivity index (χ2n) is 5.88. The highest BCUT2D eigenvalue weighted by Gasteiger charge is 2.24. The van der Waals surface area contributed by atoms with Gasteiger partial charge in [-0.2, -0.15) is 0 Å². The van der Waals surface area contributed by atoms with Gasteiger partial charge in [-0.3, -0.25) is 0 Å². The van der Waals surface area contributed by atoms with Gasteiger partial charge in [0, 0.05) is 0 Å². The Bertz CT molecular complexity index is 792. The van der Waals surface area contributed by atoms with Crippen LogP contribution in [-0.2, 0) is 6.54 Å². The van der Waals surface area contributed by atoms with Gasteiger partial charge in [0.1, 0.15) is 5.75 Å². The molecule has 4 rings (SSSR count). The van der Waals surface area contributed by atoms with Crippen LogP contribution in [0.5, 0.6) is 5.75 Å². The van der Waals surface area contributed by atoms with Crippen LogP contribution in [0.1, 0.15) is 5.89 Å². The molecule has 0 spiro atoms. The highest BCUT2D eigenvalue weighted by Crippen LogP contribution is 2.26. The summed E-state index contributed by atoms with van der Waals surface area (Å²) in [6.45, 7) is 4.36. The Morgan fingerprint density at radius 3 is 2.67 bits per heavy atom. The van der Waals surface area contributed by atoms with E-state index in [-0.39, 0.29) is 0 Å². The second-order valence-corrected chi connectivity index (χ2v) is 5.88. The number of para-hydroxylation sites is 2. The highest BCUT2D eigenvalue weighted by molar-refractivity contribution is 5.57. The molecule has 1 fully saturated rings. The van der Waals surface area contributed by atoms with Crippen molar-refractivity contribution in [3.63, 3.8) is 0 Å². The van der Waals surface area contributed by atoms with Crippen LogP contribution in [0.3, 0.4) is 0 Å². The monoisotopic (exact) mass is 327 g/mol. The van der Waals surface area contributed by atoms with Crippen molar-refractivity contribution in [3.8, 4) is 17.4 Å². The Kier molecular flexibility index (Phi) is 3.92. The van der Waals surface area contributed by atoms with Gasteiger partial charge in [-0.05, 0) is 24.3 Å². The molecule has 7 nitrogen and oxygen atoms in total. The Hall–Kier alpha value is -2.80. The average molecular weight is 327 g/mol. The summed E-state index contributed by atoms with van der Waals surface area (Å²) < 4.78 is 10.9. The molecule has 1 saturated heterocycles. The van der Waals surface area contributed by atoms with Gasteiger partial charge in [-0.25, -0.2) is 0 Å². The Morgan fingerprint density at radius 2 is 1.92 bits per heavy atom. The van der Waals surface area contributed by atoms with Gasteiger partial charge in [-0.15, -0.1) is 10.2 Å². The fraction of sp³-hybridized carbons (Fsp3) is 0.294. The number of nitrogens with one attached hydrogen (secondary N) is 1. The number of phenolic OH excluding ortho intramolecular Hbond substituents is 1. The molecule has 0 bridgehead atoms. The van der Waals surface area contributed by atoms with Gasteiger partial charge in [0.05, 0.1) is 38.1 Å². The van der Waals surface area contributed by atoms with Gasteiger partial charge in [0.25, 0.3) is 11.8 Å². The molecule has 3 aromatic rings. The predicted molar refractivity (Wildman–Crippen MR) is 86.7 cm³/mol. The van der Waals surface area contributed by atoms with Gasteiger partial charge in [0.15, 0.2) is 12.3 Å². The van der Waals surface area contributed by atoms with Crippen molar-refractivity contribution in [3.05, 3.63) is 48.6 Å². The minimum Gasteiger partial charge on any atom is -0.506 e. The number of hydrogen-bond donors (Lipinski definition) is 2. The molecule has 0 unspecified atom stereocenters. The van der Waals surface area contributed by atoms with E-state index in [9.17, 15) is 5.11 Å². The van der Waals surface area contributed by atoms with Gasteiger partial charge in [-0.1, -0.05) is 12.1 Å². The van der Waals surface area contributed by atoms with Crippen LogP contribution >= 0.6 is 0 Å². The van der Waals surface area contributed by atoms with Crippen LogP contribution in [0.4, 0.5) is 5.69 Å². The number of aromatic nitrogens is 2. The molecule has 24 heavy (non-hydrogen) atoms. The first kappa shape index (κ1) is 14.8. The molecule has 1 aliphatic heterocycles. The van der Waals surface area contributed by atoms with Gasteiger partial charge in [0.2, 0.25) is 0 Å². The average Bonchev–Trinajstić information content (AvgIpc) is 3.27. The molecule has 1 aliphatic rings. The zero-order valence-corrected chi connectivity index (χ0v) is 13.2. The van der Waals surface area contributed by atoms with E-state index >= 15 is 0 Å². The van der Waals surface area contributed by atoms with Crippen LogP contribution in [0.2, 0.25) is 0 Å². The molecule has 7 heteroatoms. The molecule has 0 saturated carbocycles. The summed E-state index contributed by atoms with van der Waals surface area (Å²) in [6.07, 6.45) is 1.59. The maximum Gasteiger partial charge on any atom is 0.283 e. The Morgan fingerprint density at radius 1 is 1.08 bits per heavy atom. The molecule has 0 aliphatic carbocycles. The third-order valence-corrected chi connectivity index (χ3v) is 4.29. The van der Waals surface area contributed by atoms with Crippen molar-refractivity contribution in [2.24, 2.45) is 0 Å². The second kappa shape index (κ2) is 6.37. The van der Waals surface area contributed by atoms with Crippen molar-refractivity contribution in [1.29, 1.82) is 0 Å². The SMILES string of the molecule is Oc1ccccc1N1CC[NH+](Cc2nnc(-c3ccco3)o2)CC1. The maximum atomic E-state index is 9.97. The lowest BCUT2D eigenvalue weighted by Crippen LogP contribution is -3.13. The minimum absolute atomic E-state index is 0.334. The van der Waals surface area contributed by atoms with E-state index < -0.39 is 0 Å². The number of phenols is 1. The summed E-state index contributed by atoms with van der Waals surface area (Å²) in [5.74, 6) is 1.96. The van der Waals surface area contributed by atoms with Crippen LogP contribution in [0, 0.1) is 0 Å². The first-order chi connectivity index (χ1) is 11.8. The summed E-state index contributed by atoms with van der Waals surface area (Å²) in [5.41, 5.74) is 0.898. The number of piperazine rings is 1. The Balaban J connectivity index is 1.36. The number of anilines is 1. The molecule has 2 aromatic heterocycles. The number of rotatable bonds is 4. The zero-order chi connectivity index (χ0) is 16.4. The standard InChI is InChI=1S/C17H18N4O3/c22-14-5-2-1-4-13(14)21-9-7-20(8-10-21)12-16-18-19-17(24-16)15-6-3-11-23-15/h1-6,11,22H,7-10,12H2/p+1. The van der Waals surface area contributed by atoms with Crippen molar-refractivity contribution < 1.29 is 18.8 Å². The molecule has 0 radical (unpaired) electrons. The normalized spacial score (nSPS) is 15.8. The van der Waals surface area contributed by atoms with Crippen molar-refractivity contribution in [2.45, 2.75) is 6.54 Å². The molecule has 0 amide bonds. The fourth-order valence-electron chi connectivity index (χ4n) is 3.01. The molecule has 124 valence electrons. The summed E-state index contributed by atoms with van der Waals surface area (Å²) in [6, 6.07) is 11.1. The lowest BCUT2D eigenvalue weighted by Gasteiger charge is -2.33. The maximum absolute atomic E-state index is 9.97. The van der Waals surface area contributed by atoms with Gasteiger partial charge < -0.3 is 23.7 Å². The van der Waals surface area contributed by atoms with E-state index in [2.05, 4.69) is 15.1 Å². The number of furan rings is 1. The van der Waals surface area contributed by atoms with Crippen molar-refractivity contribution >= 4 is 5.69 Å². The highest BCUT2D eigenvalue weighted by atomic mass is 16.4. The van der Waals surface area contributed by atoms with Crippen LogP contribution in [0.25, 0.3) is 11.7 Å². The Labute approximate surface area is 139 Å². The number of nitrogens with zero attached hydrogens (tertiary/aromatic N) is 3. The van der Waals surface area contributed by atoms with Crippen LogP contribution in [-0.4, -0.2) is 41.5 Å². The number of benzene rings is 1. The summed E-state index contributed by atoms with van der Waals surface area (Å²) >= 11 is 0. The molecular weight excluding hydrogens is 308 g/mol. The first-order valence-corrected chi connectivity index (χ1v) is 8.02. The number of hydrogen-bond acceptors (Lipinski definition) is 6. The molecular formula is C17H19N4O3+. The molecule has 2 N–H and O–H groups in total. The third kappa shape index (κ3) is 2.98.